The molecular formula is C12H18N4O2S. The molecule has 0 aliphatic carbocycles. The molecule has 0 spiro atoms. The fourth-order valence-corrected chi connectivity index (χ4v) is 2.96. The molecule has 2 heterocycles. The van der Waals surface area contributed by atoms with Crippen molar-refractivity contribution >= 4 is 28.3 Å². The van der Waals surface area contributed by atoms with Crippen LogP contribution in [0.25, 0.3) is 0 Å². The van der Waals surface area contributed by atoms with E-state index < -0.39 is 0 Å². The van der Waals surface area contributed by atoms with E-state index in [1.165, 1.54) is 16.2 Å². The molecule has 1 aromatic rings. The number of hydrogen-bond acceptors (Lipinski definition) is 6. The molecule has 0 radical (unpaired) electrons. The Morgan fingerprint density at radius 2 is 2.32 bits per heavy atom. The molecule has 1 aromatic heterocycles. The van der Waals surface area contributed by atoms with E-state index in [1.54, 1.807) is 13.2 Å². The number of likely N-dealkylation sites (tertiary alicyclic amines) is 1. The van der Waals surface area contributed by atoms with Gasteiger partial charge >= 0.3 is 0 Å². The number of nitrogen functional groups attached to an aromatic ring is 1. The van der Waals surface area contributed by atoms with Crippen LogP contribution in [0.5, 0.6) is 0 Å². The molecule has 6 nitrogen and oxygen atoms in total. The number of imide groups is 1. The summed E-state index contributed by atoms with van der Waals surface area (Å²) in [6.45, 7) is 3.44. The lowest BCUT2D eigenvalue weighted by Crippen LogP contribution is -2.41. The third kappa shape index (κ3) is 2.93. The summed E-state index contributed by atoms with van der Waals surface area (Å²) in [6.07, 6.45) is 2.92. The van der Waals surface area contributed by atoms with Gasteiger partial charge < -0.3 is 5.73 Å². The quantitative estimate of drug-likeness (QED) is 0.804. The number of nitrogens with zero attached hydrogens (tertiary/aromatic N) is 3. The van der Waals surface area contributed by atoms with Gasteiger partial charge in [-0.25, -0.2) is 4.98 Å². The van der Waals surface area contributed by atoms with Crippen molar-refractivity contribution < 1.29 is 9.59 Å². The van der Waals surface area contributed by atoms with Crippen molar-refractivity contribution in [3.8, 4) is 0 Å². The van der Waals surface area contributed by atoms with Gasteiger partial charge in [0.25, 0.3) is 0 Å². The number of thiazole rings is 1. The van der Waals surface area contributed by atoms with E-state index >= 15 is 0 Å². The lowest BCUT2D eigenvalue weighted by Gasteiger charge is -2.25. The third-order valence-corrected chi connectivity index (χ3v) is 4.05. The monoisotopic (exact) mass is 282 g/mol. The number of nitrogens with two attached hydrogens (primary N) is 1. The molecule has 1 atom stereocenters. The molecule has 2 rings (SSSR count). The molecule has 104 valence electrons. The zero-order valence-electron chi connectivity index (χ0n) is 11.1. The Morgan fingerprint density at radius 3 is 2.79 bits per heavy atom. The Labute approximate surface area is 116 Å². The molecule has 2 N–H and O–H groups in total. The number of likely N-dealkylation sites (N-methyl/N-ethyl adjacent to an activating group) is 1. The summed E-state index contributed by atoms with van der Waals surface area (Å²) in [6, 6.07) is -0.347. The van der Waals surface area contributed by atoms with Crippen LogP contribution in [0.2, 0.25) is 0 Å². The standard InChI is InChI=1S/C12H18N4O2S/c1-3-4-16(7-8-6-14-12(13)19-8)9-5-10(17)15(2)11(9)18/h6,9H,3-5,7H2,1-2H3,(H2,13,14). The highest BCUT2D eigenvalue weighted by Crippen LogP contribution is 2.22. The summed E-state index contributed by atoms with van der Waals surface area (Å²) in [5.74, 6) is -0.226. The van der Waals surface area contributed by atoms with Crippen LogP contribution in [0, 0.1) is 0 Å². The summed E-state index contributed by atoms with van der Waals surface area (Å²) in [4.78, 5) is 31.9. The summed E-state index contributed by atoms with van der Waals surface area (Å²) < 4.78 is 0. The number of aromatic nitrogens is 1. The zero-order valence-corrected chi connectivity index (χ0v) is 11.9. The molecule has 0 saturated carbocycles. The van der Waals surface area contributed by atoms with Crippen molar-refractivity contribution in [2.75, 3.05) is 19.3 Å². The van der Waals surface area contributed by atoms with Gasteiger partial charge in [-0.05, 0) is 13.0 Å². The first-order valence-corrected chi connectivity index (χ1v) is 7.09. The SMILES string of the molecule is CCCN(Cc1cnc(N)s1)C1CC(=O)N(C)C1=O. The topological polar surface area (TPSA) is 79.5 Å². The molecule has 7 heteroatoms. The minimum atomic E-state index is -0.347. The summed E-state index contributed by atoms with van der Waals surface area (Å²) >= 11 is 1.42. The minimum absolute atomic E-state index is 0.111. The first-order valence-electron chi connectivity index (χ1n) is 6.27. The van der Waals surface area contributed by atoms with Crippen LogP contribution in [0.4, 0.5) is 5.13 Å². The summed E-state index contributed by atoms with van der Waals surface area (Å²) in [5.41, 5.74) is 5.61. The maximum Gasteiger partial charge on any atom is 0.246 e. The fourth-order valence-electron chi connectivity index (χ4n) is 2.25. The number of rotatable bonds is 5. The van der Waals surface area contributed by atoms with E-state index in [0.29, 0.717) is 11.7 Å². The molecule has 1 aliphatic rings. The average Bonchev–Trinajstić information content (AvgIpc) is 2.88. The largest absolute Gasteiger partial charge is 0.375 e. The second-order valence-corrected chi connectivity index (χ2v) is 5.79. The van der Waals surface area contributed by atoms with Crippen LogP contribution in [-0.2, 0) is 16.1 Å². The first-order chi connectivity index (χ1) is 9.02. The number of carbonyl (C=O) groups is 2. The van der Waals surface area contributed by atoms with Crippen molar-refractivity contribution in [2.24, 2.45) is 0 Å². The third-order valence-electron chi connectivity index (χ3n) is 3.24. The molecule has 19 heavy (non-hydrogen) atoms. The van der Waals surface area contributed by atoms with Crippen LogP contribution in [0.1, 0.15) is 24.6 Å². The van der Waals surface area contributed by atoms with E-state index in [0.717, 1.165) is 17.8 Å². The van der Waals surface area contributed by atoms with Crippen molar-refractivity contribution in [1.82, 2.24) is 14.8 Å². The second kappa shape index (κ2) is 5.66. The molecular weight excluding hydrogens is 264 g/mol. The number of hydrogen-bond donors (Lipinski definition) is 1. The maximum absolute atomic E-state index is 12.1. The smallest absolute Gasteiger partial charge is 0.246 e. The van der Waals surface area contributed by atoms with Crippen molar-refractivity contribution in [1.29, 1.82) is 0 Å². The van der Waals surface area contributed by atoms with E-state index in [-0.39, 0.29) is 24.3 Å². The Morgan fingerprint density at radius 1 is 1.58 bits per heavy atom. The van der Waals surface area contributed by atoms with Crippen molar-refractivity contribution in [2.45, 2.75) is 32.4 Å². The second-order valence-electron chi connectivity index (χ2n) is 4.65. The van der Waals surface area contributed by atoms with Gasteiger partial charge in [-0.3, -0.25) is 19.4 Å². The molecule has 1 unspecified atom stereocenters. The normalized spacial score (nSPS) is 19.7. The lowest BCUT2D eigenvalue weighted by molar-refractivity contribution is -0.138. The molecule has 1 saturated heterocycles. The van der Waals surface area contributed by atoms with Gasteiger partial charge in [0, 0.05) is 24.7 Å². The van der Waals surface area contributed by atoms with E-state index in [1.807, 2.05) is 4.90 Å². The average molecular weight is 282 g/mol. The molecule has 2 amide bonds. The number of anilines is 1. The highest BCUT2D eigenvalue weighted by Gasteiger charge is 2.39. The van der Waals surface area contributed by atoms with Gasteiger partial charge in [0.15, 0.2) is 5.13 Å². The van der Waals surface area contributed by atoms with Gasteiger partial charge in [-0.2, -0.15) is 0 Å². The van der Waals surface area contributed by atoms with Gasteiger partial charge in [-0.15, -0.1) is 11.3 Å². The van der Waals surface area contributed by atoms with E-state index in [2.05, 4.69) is 11.9 Å². The Balaban J connectivity index is 2.12. The van der Waals surface area contributed by atoms with Crippen LogP contribution in [0.3, 0.4) is 0 Å². The Kier molecular flexibility index (Phi) is 4.16. The van der Waals surface area contributed by atoms with E-state index in [4.69, 9.17) is 5.73 Å². The van der Waals surface area contributed by atoms with Gasteiger partial charge in [0.2, 0.25) is 11.8 Å². The van der Waals surface area contributed by atoms with Crippen molar-refractivity contribution in [3.63, 3.8) is 0 Å². The highest BCUT2D eigenvalue weighted by molar-refractivity contribution is 7.15. The molecule has 1 aliphatic heterocycles. The van der Waals surface area contributed by atoms with Crippen LogP contribution in [-0.4, -0.2) is 46.2 Å². The predicted molar refractivity (Wildman–Crippen MR) is 73.4 cm³/mol. The first kappa shape index (κ1) is 14.0. The zero-order chi connectivity index (χ0) is 14.0. The van der Waals surface area contributed by atoms with Gasteiger partial charge in [0.05, 0.1) is 12.5 Å². The summed E-state index contributed by atoms with van der Waals surface area (Å²) in [5, 5.41) is 0.525. The van der Waals surface area contributed by atoms with Gasteiger partial charge in [0.1, 0.15) is 0 Å². The fraction of sp³-hybridized carbons (Fsp3) is 0.583. The van der Waals surface area contributed by atoms with Crippen LogP contribution >= 0.6 is 11.3 Å². The number of carbonyl (C=O) groups excluding carboxylic acids is 2. The number of amides is 2. The van der Waals surface area contributed by atoms with Crippen molar-refractivity contribution in [3.05, 3.63) is 11.1 Å². The minimum Gasteiger partial charge on any atom is -0.375 e. The predicted octanol–water partition coefficient (Wildman–Crippen LogP) is 0.695. The molecule has 0 aromatic carbocycles. The Bertz CT molecular complexity index is 488. The molecule has 0 bridgehead atoms. The van der Waals surface area contributed by atoms with Crippen LogP contribution in [0.15, 0.2) is 6.20 Å². The van der Waals surface area contributed by atoms with Crippen LogP contribution < -0.4 is 5.73 Å². The lowest BCUT2D eigenvalue weighted by atomic mass is 10.2. The van der Waals surface area contributed by atoms with Gasteiger partial charge in [-0.1, -0.05) is 6.92 Å². The summed E-state index contributed by atoms with van der Waals surface area (Å²) in [7, 11) is 1.54. The highest BCUT2D eigenvalue weighted by atomic mass is 32.1. The Hall–Kier alpha value is -1.47. The maximum atomic E-state index is 12.1. The molecule has 1 fully saturated rings. The van der Waals surface area contributed by atoms with E-state index in [9.17, 15) is 9.59 Å².